The van der Waals surface area contributed by atoms with E-state index in [9.17, 15) is 9.59 Å². The van der Waals surface area contributed by atoms with E-state index >= 15 is 0 Å². The van der Waals surface area contributed by atoms with Gasteiger partial charge in [0.05, 0.1) is 26.4 Å². The average molecular weight is 491 g/mol. The van der Waals surface area contributed by atoms with Crippen LogP contribution in [0, 0.1) is 0 Å². The Hall–Kier alpha value is -4.08. The van der Waals surface area contributed by atoms with Crippen molar-refractivity contribution in [2.24, 2.45) is 0 Å². The Morgan fingerprint density at radius 3 is 2.19 bits per heavy atom. The first-order chi connectivity index (χ1) is 17.6. The maximum absolute atomic E-state index is 12.6. The molecular formula is C27H26N2O7. The van der Waals surface area contributed by atoms with E-state index in [1.54, 1.807) is 55.6 Å². The minimum atomic E-state index is -0.615. The molecule has 2 aliphatic rings. The fourth-order valence-corrected chi connectivity index (χ4v) is 4.20. The Morgan fingerprint density at radius 2 is 1.47 bits per heavy atom. The minimum absolute atomic E-state index is 0.182. The van der Waals surface area contributed by atoms with E-state index in [0.29, 0.717) is 22.7 Å². The zero-order chi connectivity index (χ0) is 24.9. The topological polar surface area (TPSA) is 104 Å². The second kappa shape index (κ2) is 10.7. The highest BCUT2D eigenvalue weighted by Crippen LogP contribution is 2.30. The second-order valence-corrected chi connectivity index (χ2v) is 8.41. The first kappa shape index (κ1) is 23.7. The zero-order valence-electron chi connectivity index (χ0n) is 19.6. The maximum Gasteiger partial charge on any atom is 0.412 e. The van der Waals surface area contributed by atoms with Gasteiger partial charge >= 0.3 is 6.09 Å². The molecule has 0 aliphatic carbocycles. The summed E-state index contributed by atoms with van der Waals surface area (Å²) < 4.78 is 28.1. The molecule has 0 aromatic heterocycles. The monoisotopic (exact) mass is 490 g/mol. The van der Waals surface area contributed by atoms with Crippen LogP contribution in [0.1, 0.15) is 10.4 Å². The lowest BCUT2D eigenvalue weighted by atomic mass is 10.1. The van der Waals surface area contributed by atoms with Gasteiger partial charge in [-0.15, -0.1) is 0 Å². The van der Waals surface area contributed by atoms with Crippen molar-refractivity contribution in [2.45, 2.75) is 24.4 Å². The number of anilines is 1. The van der Waals surface area contributed by atoms with Gasteiger partial charge in [0.1, 0.15) is 29.5 Å². The number of rotatable bonds is 7. The SMILES string of the molecule is COc1ccc(C(=O)N[C@@H]2CO[C@@H]3[C@@H]2OC[C@H]3OC(=O)Nc2ccc(Oc3ccccc3)cc2)cc1. The van der Waals surface area contributed by atoms with Gasteiger partial charge in [-0.05, 0) is 60.7 Å². The van der Waals surface area contributed by atoms with E-state index in [4.69, 9.17) is 23.7 Å². The van der Waals surface area contributed by atoms with Crippen molar-refractivity contribution < 1.29 is 33.3 Å². The smallest absolute Gasteiger partial charge is 0.412 e. The maximum atomic E-state index is 12.6. The van der Waals surface area contributed by atoms with Crippen molar-refractivity contribution in [2.75, 3.05) is 25.6 Å². The van der Waals surface area contributed by atoms with E-state index < -0.39 is 24.4 Å². The van der Waals surface area contributed by atoms with Gasteiger partial charge < -0.3 is 29.0 Å². The molecular weight excluding hydrogens is 464 g/mol. The number of amides is 2. The quantitative estimate of drug-likeness (QED) is 0.516. The van der Waals surface area contributed by atoms with Gasteiger partial charge in [0, 0.05) is 11.3 Å². The molecule has 2 saturated heterocycles. The number of fused-ring (bicyclic) bond motifs is 1. The summed E-state index contributed by atoms with van der Waals surface area (Å²) in [6.07, 6.45) is -2.06. The summed E-state index contributed by atoms with van der Waals surface area (Å²) in [5.41, 5.74) is 1.07. The first-order valence-electron chi connectivity index (χ1n) is 11.6. The molecule has 2 fully saturated rings. The zero-order valence-corrected chi connectivity index (χ0v) is 19.6. The van der Waals surface area contributed by atoms with E-state index in [1.165, 1.54) is 0 Å². The number of hydrogen-bond donors (Lipinski definition) is 2. The third kappa shape index (κ3) is 5.42. The summed E-state index contributed by atoms with van der Waals surface area (Å²) in [7, 11) is 1.57. The Balaban J connectivity index is 1.11. The molecule has 0 radical (unpaired) electrons. The number of nitrogens with one attached hydrogen (secondary N) is 2. The van der Waals surface area contributed by atoms with Crippen LogP contribution in [0.3, 0.4) is 0 Å². The Bertz CT molecular complexity index is 1190. The molecule has 2 aliphatic heterocycles. The van der Waals surface area contributed by atoms with E-state index in [1.807, 2.05) is 30.3 Å². The molecule has 3 aromatic rings. The highest BCUT2D eigenvalue weighted by atomic mass is 16.6. The molecule has 36 heavy (non-hydrogen) atoms. The Kier molecular flexibility index (Phi) is 7.01. The lowest BCUT2D eigenvalue weighted by molar-refractivity contribution is 0.00862. The molecule has 9 nitrogen and oxygen atoms in total. The summed E-state index contributed by atoms with van der Waals surface area (Å²) >= 11 is 0. The van der Waals surface area contributed by atoms with Gasteiger partial charge in [0.25, 0.3) is 5.91 Å². The van der Waals surface area contributed by atoms with Crippen LogP contribution in [0.15, 0.2) is 78.9 Å². The predicted octanol–water partition coefficient (Wildman–Crippen LogP) is 4.00. The van der Waals surface area contributed by atoms with E-state index in [0.717, 1.165) is 5.75 Å². The predicted molar refractivity (Wildman–Crippen MR) is 131 cm³/mol. The van der Waals surface area contributed by atoms with E-state index in [-0.39, 0.29) is 25.2 Å². The number of hydrogen-bond acceptors (Lipinski definition) is 7. The number of benzene rings is 3. The van der Waals surface area contributed by atoms with Crippen LogP contribution in [-0.2, 0) is 14.2 Å². The summed E-state index contributed by atoms with van der Waals surface area (Å²) in [6.45, 7) is 0.448. The molecule has 186 valence electrons. The molecule has 5 rings (SSSR count). The largest absolute Gasteiger partial charge is 0.497 e. The van der Waals surface area contributed by atoms with Crippen LogP contribution in [0.5, 0.6) is 17.2 Å². The number of carbonyl (C=O) groups is 2. The summed E-state index contributed by atoms with van der Waals surface area (Å²) in [5, 5.41) is 5.65. The fourth-order valence-electron chi connectivity index (χ4n) is 4.20. The molecule has 4 atom stereocenters. The highest BCUT2D eigenvalue weighted by molar-refractivity contribution is 5.94. The van der Waals surface area contributed by atoms with Crippen LogP contribution in [0.4, 0.5) is 10.5 Å². The lowest BCUT2D eigenvalue weighted by Crippen LogP contribution is -2.44. The van der Waals surface area contributed by atoms with Crippen molar-refractivity contribution in [3.63, 3.8) is 0 Å². The fraction of sp³-hybridized carbons (Fsp3) is 0.259. The summed E-state index contributed by atoms with van der Waals surface area (Å²) in [5.74, 6) is 1.81. The summed E-state index contributed by atoms with van der Waals surface area (Å²) in [6, 6.07) is 22.9. The molecule has 0 bridgehead atoms. The van der Waals surface area contributed by atoms with Crippen LogP contribution >= 0.6 is 0 Å². The average Bonchev–Trinajstić information content (AvgIpc) is 3.49. The standard InChI is InChI=1S/C27H26N2O7/c1-32-19-11-7-17(8-12-19)26(30)29-22-15-33-25-23(16-34-24(22)25)36-27(31)28-18-9-13-21(14-10-18)35-20-5-3-2-4-6-20/h2-14,22-25H,15-16H2,1H3,(H,28,31)(H,29,30)/t22-,23-,24-,25+/m1/s1. The van der Waals surface area contributed by atoms with Gasteiger partial charge in [-0.25, -0.2) is 4.79 Å². The number of ether oxygens (including phenoxy) is 5. The van der Waals surface area contributed by atoms with Gasteiger partial charge in [-0.2, -0.15) is 0 Å². The third-order valence-corrected chi connectivity index (χ3v) is 6.01. The Labute approximate surface area is 208 Å². The molecule has 0 unspecified atom stereocenters. The third-order valence-electron chi connectivity index (χ3n) is 6.01. The second-order valence-electron chi connectivity index (χ2n) is 8.41. The van der Waals surface area contributed by atoms with Crippen molar-refractivity contribution in [3.05, 3.63) is 84.4 Å². The summed E-state index contributed by atoms with van der Waals surface area (Å²) in [4.78, 5) is 25.1. The van der Waals surface area contributed by atoms with Crippen LogP contribution in [0.25, 0.3) is 0 Å². The van der Waals surface area contributed by atoms with Crippen molar-refractivity contribution in [1.29, 1.82) is 0 Å². The molecule has 2 heterocycles. The normalized spacial score (nSPS) is 22.4. The van der Waals surface area contributed by atoms with Gasteiger partial charge in [0.15, 0.2) is 6.10 Å². The van der Waals surface area contributed by atoms with Crippen molar-refractivity contribution in [1.82, 2.24) is 5.32 Å². The first-order valence-corrected chi connectivity index (χ1v) is 11.6. The molecule has 2 N–H and O–H groups in total. The molecule has 3 aromatic carbocycles. The van der Waals surface area contributed by atoms with Crippen molar-refractivity contribution in [3.8, 4) is 17.2 Å². The van der Waals surface area contributed by atoms with Gasteiger partial charge in [-0.3, -0.25) is 10.1 Å². The Morgan fingerprint density at radius 1 is 0.806 bits per heavy atom. The lowest BCUT2D eigenvalue weighted by Gasteiger charge is -2.18. The van der Waals surface area contributed by atoms with Gasteiger partial charge in [-0.1, -0.05) is 18.2 Å². The number of carbonyl (C=O) groups excluding carboxylic acids is 2. The van der Waals surface area contributed by atoms with E-state index in [2.05, 4.69) is 10.6 Å². The molecule has 2 amide bonds. The minimum Gasteiger partial charge on any atom is -0.497 e. The van der Waals surface area contributed by atoms with Crippen molar-refractivity contribution >= 4 is 17.7 Å². The number of methoxy groups -OCH3 is 1. The highest BCUT2D eigenvalue weighted by Gasteiger charge is 2.50. The van der Waals surface area contributed by atoms with Crippen LogP contribution in [-0.4, -0.2) is 56.7 Å². The number of para-hydroxylation sites is 1. The van der Waals surface area contributed by atoms with Gasteiger partial charge in [0.2, 0.25) is 0 Å². The molecule has 9 heteroatoms. The van der Waals surface area contributed by atoms with Crippen LogP contribution in [0.2, 0.25) is 0 Å². The van der Waals surface area contributed by atoms with Crippen LogP contribution < -0.4 is 20.1 Å². The molecule has 0 saturated carbocycles. The molecule has 0 spiro atoms.